The number of benzene rings is 2. The van der Waals surface area contributed by atoms with E-state index in [1.54, 1.807) is 46.0 Å². The summed E-state index contributed by atoms with van der Waals surface area (Å²) in [7, 11) is 0. The van der Waals surface area contributed by atoms with E-state index in [4.69, 9.17) is 0 Å². The molecule has 0 bridgehead atoms. The standard InChI is InChI=1S/C28H22FN7O3/c29-20-8-6-18(7-9-20)22-10-11-36(33-22)26-24-23(31-17-32-26)21(16-30-24)25(37)28(39)35-14-12-34(13-15-35)27(38)19-4-2-1-3-5-19/h1-10,16-17H,11-15H2/p+1. The lowest BCUT2D eigenvalue weighted by atomic mass is 10.1. The second-order valence-electron chi connectivity index (χ2n) is 9.18. The first-order chi connectivity index (χ1) is 19.0. The highest BCUT2D eigenvalue weighted by Crippen LogP contribution is 2.29. The van der Waals surface area contributed by atoms with Gasteiger partial charge in [-0.3, -0.25) is 14.4 Å². The van der Waals surface area contributed by atoms with Crippen LogP contribution in [0.2, 0.25) is 0 Å². The van der Waals surface area contributed by atoms with Crippen molar-refractivity contribution in [3.8, 4) is 0 Å². The van der Waals surface area contributed by atoms with Crippen molar-refractivity contribution in [2.24, 2.45) is 5.11 Å². The van der Waals surface area contributed by atoms with Gasteiger partial charge in [-0.15, -0.1) is 4.70 Å². The number of amides is 2. The van der Waals surface area contributed by atoms with Crippen molar-refractivity contribution in [3.63, 3.8) is 0 Å². The van der Waals surface area contributed by atoms with Crippen LogP contribution in [0, 0.1) is 5.82 Å². The molecule has 10 nitrogen and oxygen atoms in total. The molecule has 194 valence electrons. The number of hydrogen-bond acceptors (Lipinski definition) is 6. The lowest BCUT2D eigenvalue weighted by molar-refractivity contribution is -0.493. The van der Waals surface area contributed by atoms with Crippen molar-refractivity contribution in [1.29, 1.82) is 0 Å². The summed E-state index contributed by atoms with van der Waals surface area (Å²) in [6.45, 7) is 1.62. The molecule has 39 heavy (non-hydrogen) atoms. The van der Waals surface area contributed by atoms with E-state index >= 15 is 0 Å². The molecule has 2 aromatic heterocycles. The van der Waals surface area contributed by atoms with Gasteiger partial charge in [0.1, 0.15) is 23.6 Å². The van der Waals surface area contributed by atoms with Gasteiger partial charge in [0.2, 0.25) is 6.33 Å². The maximum Gasteiger partial charge on any atom is 0.371 e. The van der Waals surface area contributed by atoms with Crippen LogP contribution in [0.25, 0.3) is 16.7 Å². The summed E-state index contributed by atoms with van der Waals surface area (Å²) in [6.07, 6.45) is 4.68. The van der Waals surface area contributed by atoms with Gasteiger partial charge in [-0.05, 0) is 47.5 Å². The molecule has 2 aliphatic rings. The number of aromatic nitrogens is 3. The van der Waals surface area contributed by atoms with Gasteiger partial charge in [-0.25, -0.2) is 9.37 Å². The smallest absolute Gasteiger partial charge is 0.352 e. The Bertz CT molecular complexity index is 1650. The molecule has 0 spiro atoms. The molecular weight excluding hydrogens is 501 g/mol. The fourth-order valence-electron chi connectivity index (χ4n) is 4.74. The van der Waals surface area contributed by atoms with Crippen molar-refractivity contribution in [1.82, 2.24) is 24.8 Å². The van der Waals surface area contributed by atoms with Crippen molar-refractivity contribution in [2.75, 3.05) is 32.7 Å². The molecule has 0 aliphatic carbocycles. The van der Waals surface area contributed by atoms with Gasteiger partial charge in [0.05, 0.1) is 5.56 Å². The average Bonchev–Trinajstić information content (AvgIpc) is 3.65. The van der Waals surface area contributed by atoms with E-state index < -0.39 is 11.7 Å². The molecule has 0 unspecified atom stereocenters. The molecule has 6 rings (SSSR count). The first kappa shape index (κ1) is 24.3. The average molecular weight is 525 g/mol. The Morgan fingerprint density at radius 3 is 2.36 bits per heavy atom. The van der Waals surface area contributed by atoms with Crippen LogP contribution in [-0.4, -0.2) is 79.8 Å². The fraction of sp³-hybridized carbons (Fsp3) is 0.179. The van der Waals surface area contributed by atoms with Crippen molar-refractivity contribution in [2.45, 2.75) is 0 Å². The first-order valence-corrected chi connectivity index (χ1v) is 12.4. The number of nitrogens with zero attached hydrogens (tertiary/aromatic N) is 6. The molecule has 0 atom stereocenters. The normalized spacial score (nSPS) is 15.3. The topological polar surface area (TPSA) is 115 Å². The number of nitrogens with one attached hydrogen (secondary N) is 1. The number of Topliss-reactive ketones (excluding diaryl/α,β-unsaturated/α-hetero) is 1. The zero-order valence-electron chi connectivity index (χ0n) is 20.7. The second-order valence-corrected chi connectivity index (χ2v) is 9.18. The molecule has 1 saturated heterocycles. The van der Waals surface area contributed by atoms with Crippen molar-refractivity contribution in [3.05, 3.63) is 95.7 Å². The Kier molecular flexibility index (Phi) is 6.23. The third-order valence-corrected chi connectivity index (χ3v) is 6.83. The summed E-state index contributed by atoms with van der Waals surface area (Å²) >= 11 is 0. The Balaban J connectivity index is 1.17. The summed E-state index contributed by atoms with van der Waals surface area (Å²) in [4.78, 5) is 53.8. The Hall–Kier alpha value is -5.06. The molecule has 2 amide bonds. The maximum absolute atomic E-state index is 13.3. The van der Waals surface area contributed by atoms with Crippen LogP contribution in [0.5, 0.6) is 0 Å². The molecular formula is C28H23FN7O3+. The summed E-state index contributed by atoms with van der Waals surface area (Å²) in [5, 5.41) is 4.58. The maximum atomic E-state index is 13.3. The number of rotatable bonds is 5. The fourth-order valence-corrected chi connectivity index (χ4v) is 4.74. The molecule has 2 aliphatic heterocycles. The predicted octanol–water partition coefficient (Wildman–Crippen LogP) is 3.42. The number of hydrogen-bond donors (Lipinski definition) is 1. The zero-order chi connectivity index (χ0) is 26.9. The Morgan fingerprint density at radius 2 is 1.62 bits per heavy atom. The lowest BCUT2D eigenvalue weighted by Gasteiger charge is -2.34. The summed E-state index contributed by atoms with van der Waals surface area (Å²) in [6, 6.07) is 15.0. The summed E-state index contributed by atoms with van der Waals surface area (Å²) in [5.74, 6) is -1.30. The van der Waals surface area contributed by atoms with Crippen LogP contribution in [0.3, 0.4) is 0 Å². The number of azo groups is 2. The van der Waals surface area contributed by atoms with Crippen LogP contribution in [0.1, 0.15) is 26.3 Å². The monoisotopic (exact) mass is 524 g/mol. The van der Waals surface area contributed by atoms with Gasteiger partial charge < -0.3 is 14.8 Å². The Morgan fingerprint density at radius 1 is 0.897 bits per heavy atom. The van der Waals surface area contributed by atoms with E-state index in [-0.39, 0.29) is 30.4 Å². The first-order valence-electron chi connectivity index (χ1n) is 12.4. The van der Waals surface area contributed by atoms with E-state index in [0.29, 0.717) is 47.7 Å². The highest BCUT2D eigenvalue weighted by molar-refractivity contribution is 6.44. The molecule has 2 aromatic carbocycles. The number of carbonyl (C=O) groups is 3. The summed E-state index contributed by atoms with van der Waals surface area (Å²) in [5.41, 5.74) is 2.97. The quantitative estimate of drug-likeness (QED) is 0.244. The van der Waals surface area contributed by atoms with E-state index in [2.05, 4.69) is 20.1 Å². The molecule has 1 N–H and O–H groups in total. The largest absolute Gasteiger partial charge is 0.371 e. The number of H-pyrrole nitrogens is 1. The Labute approximate surface area is 222 Å². The van der Waals surface area contributed by atoms with Crippen LogP contribution in [-0.2, 0) is 4.79 Å². The highest BCUT2D eigenvalue weighted by Gasteiger charge is 2.32. The van der Waals surface area contributed by atoms with Gasteiger partial charge in [0.15, 0.2) is 5.52 Å². The van der Waals surface area contributed by atoms with Crippen LogP contribution >= 0.6 is 0 Å². The number of aromatic amines is 1. The minimum absolute atomic E-state index is 0.0979. The molecule has 1 fully saturated rings. The van der Waals surface area contributed by atoms with Gasteiger partial charge in [0.25, 0.3) is 17.6 Å². The van der Waals surface area contributed by atoms with Crippen molar-refractivity contribution >= 4 is 40.1 Å². The number of fused-ring (bicyclic) bond motifs is 1. The molecule has 0 saturated carbocycles. The van der Waals surface area contributed by atoms with Crippen LogP contribution in [0.15, 0.2) is 78.3 Å². The molecule has 11 heteroatoms. The van der Waals surface area contributed by atoms with Gasteiger partial charge in [-0.1, -0.05) is 23.3 Å². The summed E-state index contributed by atoms with van der Waals surface area (Å²) < 4.78 is 14.9. The predicted molar refractivity (Wildman–Crippen MR) is 139 cm³/mol. The van der Waals surface area contributed by atoms with Gasteiger partial charge in [0, 0.05) is 43.5 Å². The van der Waals surface area contributed by atoms with E-state index in [1.165, 1.54) is 29.6 Å². The van der Waals surface area contributed by atoms with E-state index in [0.717, 1.165) is 5.56 Å². The zero-order valence-corrected chi connectivity index (χ0v) is 20.7. The van der Waals surface area contributed by atoms with Gasteiger partial charge in [-0.2, -0.15) is 0 Å². The van der Waals surface area contributed by atoms with Crippen LogP contribution in [0.4, 0.5) is 10.2 Å². The van der Waals surface area contributed by atoms with E-state index in [9.17, 15) is 18.8 Å². The number of carbonyl (C=O) groups excluding carboxylic acids is 3. The lowest BCUT2D eigenvalue weighted by Crippen LogP contribution is -2.52. The van der Waals surface area contributed by atoms with E-state index in [1.807, 2.05) is 12.1 Å². The second kappa shape index (κ2) is 10.0. The SMILES string of the molecule is O=C(C(=O)N1CCN(C(=O)c2ccccc2)CC1)c1c[nH]c2c([N+]3=NC(c4ccc(F)cc4)=CC3)ncnc12. The van der Waals surface area contributed by atoms with Crippen molar-refractivity contribution < 1.29 is 23.5 Å². The minimum atomic E-state index is -0.683. The number of ketones is 1. The minimum Gasteiger partial charge on any atom is -0.352 e. The highest BCUT2D eigenvalue weighted by atomic mass is 19.1. The third kappa shape index (κ3) is 4.58. The molecule has 4 aromatic rings. The van der Waals surface area contributed by atoms with Gasteiger partial charge >= 0.3 is 5.82 Å². The number of halogens is 1. The van der Waals surface area contributed by atoms with Crippen LogP contribution < -0.4 is 0 Å². The molecule has 0 radical (unpaired) electrons. The third-order valence-electron chi connectivity index (χ3n) is 6.83. The molecule has 4 heterocycles. The number of piperazine rings is 1.